The summed E-state index contributed by atoms with van der Waals surface area (Å²) in [6.45, 7) is 6.80. The molecule has 3 heteroatoms. The Morgan fingerprint density at radius 2 is 2.36 bits per heavy atom. The number of hydrogen-bond donors (Lipinski definition) is 1. The fourth-order valence-electron chi connectivity index (χ4n) is 1.98. The van der Waals surface area contributed by atoms with Gasteiger partial charge in [-0.2, -0.15) is 0 Å². The van der Waals surface area contributed by atoms with Crippen LogP contribution in [0.4, 0.5) is 0 Å². The second-order valence-electron chi connectivity index (χ2n) is 4.07. The first-order valence-corrected chi connectivity index (χ1v) is 5.60. The molecule has 14 heavy (non-hydrogen) atoms. The third kappa shape index (κ3) is 3.66. The van der Waals surface area contributed by atoms with Crippen LogP contribution in [0.15, 0.2) is 0 Å². The normalized spacial score (nSPS) is 27.3. The molecule has 0 aromatic rings. The molecule has 0 unspecified atom stereocenters. The molecule has 1 heterocycles. The first kappa shape index (κ1) is 11.5. The summed E-state index contributed by atoms with van der Waals surface area (Å²) in [5.74, 6) is 1.34. The molecule has 1 N–H and O–H groups in total. The summed E-state index contributed by atoms with van der Waals surface area (Å²) in [5.41, 5.74) is 0. The number of piperidine rings is 1. The zero-order valence-corrected chi connectivity index (χ0v) is 9.21. The van der Waals surface area contributed by atoms with Crippen molar-refractivity contribution in [3.05, 3.63) is 0 Å². The van der Waals surface area contributed by atoms with Gasteiger partial charge >= 0.3 is 5.97 Å². The average molecular weight is 199 g/mol. The third-order valence-electron chi connectivity index (χ3n) is 3.01. The van der Waals surface area contributed by atoms with E-state index in [0.717, 1.165) is 25.4 Å². The highest BCUT2D eigenvalue weighted by molar-refractivity contribution is 5.69. The van der Waals surface area contributed by atoms with Crippen molar-refractivity contribution in [3.63, 3.8) is 0 Å². The fourth-order valence-corrected chi connectivity index (χ4v) is 1.98. The van der Waals surface area contributed by atoms with Crippen molar-refractivity contribution in [2.45, 2.75) is 33.1 Å². The van der Waals surface area contributed by atoms with Crippen LogP contribution in [0.1, 0.15) is 33.1 Å². The van der Waals surface area contributed by atoms with E-state index in [2.05, 4.69) is 12.2 Å². The molecule has 1 aliphatic heterocycles. The molecule has 0 bridgehead atoms. The monoisotopic (exact) mass is 199 g/mol. The number of rotatable bonds is 4. The van der Waals surface area contributed by atoms with Crippen LogP contribution in [0.2, 0.25) is 0 Å². The van der Waals surface area contributed by atoms with Crippen molar-refractivity contribution in [1.29, 1.82) is 0 Å². The topological polar surface area (TPSA) is 38.3 Å². The number of hydrogen-bond acceptors (Lipinski definition) is 3. The van der Waals surface area contributed by atoms with E-state index < -0.39 is 0 Å². The first-order chi connectivity index (χ1) is 6.74. The fraction of sp³-hybridized carbons (Fsp3) is 0.909. The second-order valence-corrected chi connectivity index (χ2v) is 4.07. The van der Waals surface area contributed by atoms with Crippen LogP contribution in [-0.4, -0.2) is 25.7 Å². The molecule has 82 valence electrons. The van der Waals surface area contributed by atoms with Gasteiger partial charge in [-0.1, -0.05) is 6.92 Å². The summed E-state index contributed by atoms with van der Waals surface area (Å²) < 4.78 is 4.91. The Labute approximate surface area is 86.2 Å². The van der Waals surface area contributed by atoms with Gasteiger partial charge in [0.05, 0.1) is 6.61 Å². The maximum Gasteiger partial charge on any atom is 0.305 e. The Balaban J connectivity index is 2.19. The molecular formula is C11H21NO2. The minimum atomic E-state index is -0.0507. The molecule has 0 spiro atoms. The number of carbonyl (C=O) groups is 1. The molecule has 1 rings (SSSR count). The third-order valence-corrected chi connectivity index (χ3v) is 3.01. The maximum absolute atomic E-state index is 11.1. The van der Waals surface area contributed by atoms with Crippen LogP contribution in [0.3, 0.4) is 0 Å². The van der Waals surface area contributed by atoms with Gasteiger partial charge in [0.25, 0.3) is 0 Å². The van der Waals surface area contributed by atoms with Gasteiger partial charge in [0.1, 0.15) is 0 Å². The van der Waals surface area contributed by atoms with Gasteiger partial charge in [-0.3, -0.25) is 4.79 Å². The quantitative estimate of drug-likeness (QED) is 0.698. The Hall–Kier alpha value is -0.570. The summed E-state index contributed by atoms with van der Waals surface area (Å²) >= 11 is 0. The van der Waals surface area contributed by atoms with E-state index in [1.165, 1.54) is 6.42 Å². The predicted octanol–water partition coefficient (Wildman–Crippen LogP) is 1.58. The van der Waals surface area contributed by atoms with E-state index in [1.54, 1.807) is 0 Å². The van der Waals surface area contributed by atoms with Gasteiger partial charge in [-0.25, -0.2) is 0 Å². The molecule has 0 aliphatic carbocycles. The lowest BCUT2D eigenvalue weighted by molar-refractivity contribution is -0.143. The minimum Gasteiger partial charge on any atom is -0.466 e. The summed E-state index contributed by atoms with van der Waals surface area (Å²) in [7, 11) is 0. The van der Waals surface area contributed by atoms with Crippen molar-refractivity contribution < 1.29 is 9.53 Å². The summed E-state index contributed by atoms with van der Waals surface area (Å²) in [6.07, 6.45) is 2.77. The number of ether oxygens (including phenoxy) is 1. The lowest BCUT2D eigenvalue weighted by atomic mass is 9.85. The zero-order valence-electron chi connectivity index (χ0n) is 9.21. The lowest BCUT2D eigenvalue weighted by Gasteiger charge is -2.29. The standard InChI is InChI=1S/C11H21NO2/c1-3-14-11(13)5-4-10-8-12-7-6-9(10)2/h9-10,12H,3-8H2,1-2H3/t9-,10+/m1/s1. The average Bonchev–Trinajstić information content (AvgIpc) is 2.17. The molecular weight excluding hydrogens is 178 g/mol. The van der Waals surface area contributed by atoms with Crippen LogP contribution in [0.25, 0.3) is 0 Å². The van der Waals surface area contributed by atoms with Crippen molar-refractivity contribution in [3.8, 4) is 0 Å². The van der Waals surface area contributed by atoms with E-state index >= 15 is 0 Å². The molecule has 1 saturated heterocycles. The second kappa shape index (κ2) is 6.02. The zero-order chi connectivity index (χ0) is 10.4. The van der Waals surface area contributed by atoms with Crippen LogP contribution in [0.5, 0.6) is 0 Å². The first-order valence-electron chi connectivity index (χ1n) is 5.60. The molecule has 1 aliphatic rings. The largest absolute Gasteiger partial charge is 0.466 e. The van der Waals surface area contributed by atoms with Crippen LogP contribution in [-0.2, 0) is 9.53 Å². The van der Waals surface area contributed by atoms with Crippen molar-refractivity contribution in [2.75, 3.05) is 19.7 Å². The molecule has 0 aromatic heterocycles. The van der Waals surface area contributed by atoms with Gasteiger partial charge in [-0.15, -0.1) is 0 Å². The molecule has 0 radical (unpaired) electrons. The van der Waals surface area contributed by atoms with Crippen LogP contribution in [0, 0.1) is 11.8 Å². The SMILES string of the molecule is CCOC(=O)CC[C@H]1CNCC[C@H]1C. The summed E-state index contributed by atoms with van der Waals surface area (Å²) in [4.78, 5) is 11.1. The van der Waals surface area contributed by atoms with E-state index in [4.69, 9.17) is 4.74 Å². The van der Waals surface area contributed by atoms with Gasteiger partial charge in [0.15, 0.2) is 0 Å². The Kier molecular flexibility index (Phi) is 4.94. The summed E-state index contributed by atoms with van der Waals surface area (Å²) in [6, 6.07) is 0. The molecule has 2 atom stereocenters. The van der Waals surface area contributed by atoms with Crippen LogP contribution >= 0.6 is 0 Å². The van der Waals surface area contributed by atoms with Crippen molar-refractivity contribution in [2.24, 2.45) is 11.8 Å². The molecule has 1 fully saturated rings. The van der Waals surface area contributed by atoms with Crippen molar-refractivity contribution >= 4 is 5.97 Å². The van der Waals surface area contributed by atoms with Gasteiger partial charge < -0.3 is 10.1 Å². The molecule has 0 saturated carbocycles. The number of esters is 1. The number of nitrogens with one attached hydrogen (secondary N) is 1. The van der Waals surface area contributed by atoms with Crippen molar-refractivity contribution in [1.82, 2.24) is 5.32 Å². The Bertz CT molecular complexity index is 182. The van der Waals surface area contributed by atoms with E-state index in [9.17, 15) is 4.79 Å². The van der Waals surface area contributed by atoms with Gasteiger partial charge in [0.2, 0.25) is 0 Å². The van der Waals surface area contributed by atoms with E-state index in [-0.39, 0.29) is 5.97 Å². The van der Waals surface area contributed by atoms with Crippen LogP contribution < -0.4 is 5.32 Å². The smallest absolute Gasteiger partial charge is 0.305 e. The van der Waals surface area contributed by atoms with E-state index in [1.807, 2.05) is 6.92 Å². The Morgan fingerprint density at radius 1 is 1.57 bits per heavy atom. The highest BCUT2D eigenvalue weighted by atomic mass is 16.5. The highest BCUT2D eigenvalue weighted by Crippen LogP contribution is 2.22. The molecule has 0 amide bonds. The maximum atomic E-state index is 11.1. The highest BCUT2D eigenvalue weighted by Gasteiger charge is 2.21. The van der Waals surface area contributed by atoms with E-state index in [0.29, 0.717) is 18.9 Å². The lowest BCUT2D eigenvalue weighted by Crippen LogP contribution is -2.35. The Morgan fingerprint density at radius 3 is 3.00 bits per heavy atom. The van der Waals surface area contributed by atoms with Gasteiger partial charge in [0, 0.05) is 6.42 Å². The van der Waals surface area contributed by atoms with Gasteiger partial charge in [-0.05, 0) is 44.7 Å². The minimum absolute atomic E-state index is 0.0507. The predicted molar refractivity (Wildman–Crippen MR) is 56.0 cm³/mol. The molecule has 0 aromatic carbocycles. The number of carbonyl (C=O) groups excluding carboxylic acids is 1. The molecule has 3 nitrogen and oxygen atoms in total. The summed E-state index contributed by atoms with van der Waals surface area (Å²) in [5, 5.41) is 3.37.